The zero-order chi connectivity index (χ0) is 12.6. The molecule has 0 saturated carbocycles. The maximum atomic E-state index is 12.1. The summed E-state index contributed by atoms with van der Waals surface area (Å²) in [4.78, 5) is 13.9. The first-order valence-corrected chi connectivity index (χ1v) is 6.16. The van der Waals surface area contributed by atoms with Gasteiger partial charge in [0, 0.05) is 24.3 Å². The van der Waals surface area contributed by atoms with Gasteiger partial charge in [-0.1, -0.05) is 19.9 Å². The lowest BCUT2D eigenvalue weighted by molar-refractivity contribution is -0.118. The van der Waals surface area contributed by atoms with Gasteiger partial charge in [0.05, 0.1) is 0 Å². The Bertz CT molecular complexity index is 452. The minimum absolute atomic E-state index is 0.0304. The largest absolute Gasteiger partial charge is 0.399 e. The van der Waals surface area contributed by atoms with Gasteiger partial charge in [-0.05, 0) is 36.5 Å². The number of hydrogen-bond donors (Lipinski definition) is 1. The van der Waals surface area contributed by atoms with E-state index in [1.54, 1.807) is 0 Å². The average Bonchev–Trinajstić information content (AvgIpc) is 2.35. The van der Waals surface area contributed by atoms with Crippen molar-refractivity contribution in [3.8, 4) is 0 Å². The number of nitrogens with two attached hydrogens (primary N) is 1. The van der Waals surface area contributed by atoms with Crippen LogP contribution in [0.15, 0.2) is 18.2 Å². The molecule has 3 nitrogen and oxygen atoms in total. The second-order valence-corrected chi connectivity index (χ2v) is 5.30. The summed E-state index contributed by atoms with van der Waals surface area (Å²) in [5.74, 6) is 0.199. The van der Waals surface area contributed by atoms with Crippen LogP contribution in [0.1, 0.15) is 39.2 Å². The van der Waals surface area contributed by atoms with Crippen LogP contribution in [0.25, 0.3) is 0 Å². The molecule has 1 aromatic carbocycles. The molecule has 1 amide bonds. The van der Waals surface area contributed by atoms with Crippen LogP contribution in [0.4, 0.5) is 11.4 Å². The number of benzene rings is 1. The SMILES string of the molecule is CCN1C(=O)CCC(C)(C)c2ccc(N)cc21. The molecule has 1 aliphatic heterocycles. The van der Waals surface area contributed by atoms with Crippen molar-refractivity contribution in [3.63, 3.8) is 0 Å². The molecular formula is C14H20N2O. The third-order valence-corrected chi connectivity index (χ3v) is 3.62. The molecule has 0 aromatic heterocycles. The fraction of sp³-hybridized carbons (Fsp3) is 0.500. The highest BCUT2D eigenvalue weighted by molar-refractivity contribution is 5.95. The highest BCUT2D eigenvalue weighted by atomic mass is 16.2. The molecule has 0 aliphatic carbocycles. The van der Waals surface area contributed by atoms with Crippen LogP contribution < -0.4 is 10.6 Å². The van der Waals surface area contributed by atoms with Crippen LogP contribution in [0, 0.1) is 0 Å². The molecule has 0 radical (unpaired) electrons. The third kappa shape index (κ3) is 2.02. The first-order valence-electron chi connectivity index (χ1n) is 6.16. The van der Waals surface area contributed by atoms with Crippen molar-refractivity contribution >= 4 is 17.3 Å². The van der Waals surface area contributed by atoms with E-state index in [2.05, 4.69) is 19.9 Å². The number of fused-ring (bicyclic) bond motifs is 1. The van der Waals surface area contributed by atoms with E-state index in [-0.39, 0.29) is 11.3 Å². The van der Waals surface area contributed by atoms with Crippen molar-refractivity contribution in [2.24, 2.45) is 0 Å². The Morgan fingerprint density at radius 1 is 1.41 bits per heavy atom. The number of carbonyl (C=O) groups excluding carboxylic acids is 1. The van der Waals surface area contributed by atoms with Crippen molar-refractivity contribution in [1.82, 2.24) is 0 Å². The van der Waals surface area contributed by atoms with Gasteiger partial charge in [0.1, 0.15) is 0 Å². The van der Waals surface area contributed by atoms with E-state index in [0.29, 0.717) is 18.7 Å². The third-order valence-electron chi connectivity index (χ3n) is 3.62. The standard InChI is InChI=1S/C14H20N2O/c1-4-16-12-9-10(15)5-6-11(12)14(2,3)8-7-13(16)17/h5-6,9H,4,7-8,15H2,1-3H3. The van der Waals surface area contributed by atoms with Gasteiger partial charge in [0.2, 0.25) is 5.91 Å². The Morgan fingerprint density at radius 2 is 2.12 bits per heavy atom. The van der Waals surface area contributed by atoms with Crippen molar-refractivity contribution in [3.05, 3.63) is 23.8 Å². The maximum Gasteiger partial charge on any atom is 0.227 e. The van der Waals surface area contributed by atoms with E-state index in [4.69, 9.17) is 5.73 Å². The summed E-state index contributed by atoms with van der Waals surface area (Å²) in [6, 6.07) is 5.90. The number of amides is 1. The van der Waals surface area contributed by atoms with Gasteiger partial charge in [0.25, 0.3) is 0 Å². The van der Waals surface area contributed by atoms with Gasteiger partial charge in [-0.15, -0.1) is 0 Å². The van der Waals surface area contributed by atoms with Crippen LogP contribution in [-0.2, 0) is 10.2 Å². The number of nitrogen functional groups attached to an aromatic ring is 1. The van der Waals surface area contributed by atoms with Crippen LogP contribution in [0.3, 0.4) is 0 Å². The smallest absolute Gasteiger partial charge is 0.227 e. The topological polar surface area (TPSA) is 46.3 Å². The van der Waals surface area contributed by atoms with Gasteiger partial charge in [-0.25, -0.2) is 0 Å². The molecule has 0 atom stereocenters. The molecule has 0 saturated heterocycles. The quantitative estimate of drug-likeness (QED) is 0.757. The van der Waals surface area contributed by atoms with E-state index in [0.717, 1.165) is 12.1 Å². The van der Waals surface area contributed by atoms with Crippen molar-refractivity contribution < 1.29 is 4.79 Å². The molecule has 3 heteroatoms. The number of anilines is 2. The Morgan fingerprint density at radius 3 is 2.76 bits per heavy atom. The average molecular weight is 232 g/mol. The summed E-state index contributed by atoms with van der Waals surface area (Å²) in [5.41, 5.74) is 8.80. The Labute approximate surface area is 103 Å². The van der Waals surface area contributed by atoms with E-state index in [1.165, 1.54) is 5.56 Å². The lowest BCUT2D eigenvalue weighted by atomic mass is 9.80. The first kappa shape index (κ1) is 12.0. The van der Waals surface area contributed by atoms with E-state index < -0.39 is 0 Å². The van der Waals surface area contributed by atoms with Gasteiger partial charge in [-0.3, -0.25) is 4.79 Å². The van der Waals surface area contributed by atoms with Gasteiger partial charge in [0.15, 0.2) is 0 Å². The summed E-state index contributed by atoms with van der Waals surface area (Å²) in [7, 11) is 0. The summed E-state index contributed by atoms with van der Waals surface area (Å²) < 4.78 is 0. The molecule has 0 bridgehead atoms. The highest BCUT2D eigenvalue weighted by Gasteiger charge is 2.32. The predicted molar refractivity (Wildman–Crippen MR) is 71.1 cm³/mol. The Balaban J connectivity index is 2.63. The van der Waals surface area contributed by atoms with Gasteiger partial charge < -0.3 is 10.6 Å². The fourth-order valence-corrected chi connectivity index (χ4v) is 2.51. The molecule has 2 rings (SSSR count). The zero-order valence-corrected chi connectivity index (χ0v) is 10.8. The molecule has 0 unspecified atom stereocenters. The number of hydrogen-bond acceptors (Lipinski definition) is 2. The van der Waals surface area contributed by atoms with Crippen molar-refractivity contribution in [2.45, 2.75) is 39.0 Å². The second-order valence-electron chi connectivity index (χ2n) is 5.30. The number of rotatable bonds is 1. The molecular weight excluding hydrogens is 212 g/mol. The molecule has 92 valence electrons. The Kier molecular flexibility index (Phi) is 2.86. The van der Waals surface area contributed by atoms with E-state index in [9.17, 15) is 4.79 Å². The van der Waals surface area contributed by atoms with Crippen LogP contribution in [0.2, 0.25) is 0 Å². The molecule has 2 N–H and O–H groups in total. The van der Waals surface area contributed by atoms with Crippen molar-refractivity contribution in [1.29, 1.82) is 0 Å². The molecule has 0 fully saturated rings. The minimum Gasteiger partial charge on any atom is -0.399 e. The van der Waals surface area contributed by atoms with Crippen LogP contribution in [0.5, 0.6) is 0 Å². The summed E-state index contributed by atoms with van der Waals surface area (Å²) in [6.07, 6.45) is 1.49. The van der Waals surface area contributed by atoms with E-state index in [1.807, 2.05) is 24.0 Å². The molecule has 1 aliphatic rings. The normalized spacial score (nSPS) is 18.8. The second kappa shape index (κ2) is 4.06. The lowest BCUT2D eigenvalue weighted by Crippen LogP contribution is -2.29. The summed E-state index contributed by atoms with van der Waals surface area (Å²) in [6.45, 7) is 7.08. The van der Waals surface area contributed by atoms with Crippen molar-refractivity contribution in [2.75, 3.05) is 17.2 Å². The predicted octanol–water partition coefficient (Wildman–Crippen LogP) is 2.69. The highest BCUT2D eigenvalue weighted by Crippen LogP contribution is 2.39. The van der Waals surface area contributed by atoms with Crippen LogP contribution >= 0.6 is 0 Å². The lowest BCUT2D eigenvalue weighted by Gasteiger charge is -2.27. The monoisotopic (exact) mass is 232 g/mol. The number of carbonyl (C=O) groups is 1. The molecule has 17 heavy (non-hydrogen) atoms. The summed E-state index contributed by atoms with van der Waals surface area (Å²) in [5, 5.41) is 0. The van der Waals surface area contributed by atoms with E-state index >= 15 is 0 Å². The number of nitrogens with zero attached hydrogens (tertiary/aromatic N) is 1. The van der Waals surface area contributed by atoms with Crippen LogP contribution in [-0.4, -0.2) is 12.5 Å². The molecule has 1 heterocycles. The Hall–Kier alpha value is -1.51. The minimum atomic E-state index is 0.0304. The van der Waals surface area contributed by atoms with Gasteiger partial charge >= 0.3 is 0 Å². The summed E-state index contributed by atoms with van der Waals surface area (Å²) >= 11 is 0. The fourth-order valence-electron chi connectivity index (χ4n) is 2.51. The molecule has 0 spiro atoms. The first-order chi connectivity index (χ1) is 7.95. The maximum absolute atomic E-state index is 12.1. The zero-order valence-electron chi connectivity index (χ0n) is 10.8. The molecule has 1 aromatic rings. The van der Waals surface area contributed by atoms with Gasteiger partial charge in [-0.2, -0.15) is 0 Å².